The lowest BCUT2D eigenvalue weighted by atomic mass is 10.1. The van der Waals surface area contributed by atoms with Crippen LogP contribution in [0.5, 0.6) is 0 Å². The van der Waals surface area contributed by atoms with Crippen molar-refractivity contribution >= 4 is 5.91 Å². The zero-order valence-corrected chi connectivity index (χ0v) is 16.4. The summed E-state index contributed by atoms with van der Waals surface area (Å²) in [4.78, 5) is 26.4. The van der Waals surface area contributed by atoms with Crippen molar-refractivity contribution in [3.05, 3.63) is 64.1 Å². The summed E-state index contributed by atoms with van der Waals surface area (Å²) in [6.45, 7) is 6.05. The zero-order valence-electron chi connectivity index (χ0n) is 16.4. The van der Waals surface area contributed by atoms with Crippen molar-refractivity contribution in [1.29, 1.82) is 0 Å². The molecule has 2 heterocycles. The number of benzene rings is 1. The average Bonchev–Trinajstić information content (AvgIpc) is 3.15. The predicted octanol–water partition coefficient (Wildman–Crippen LogP) is 2.44. The van der Waals surface area contributed by atoms with Gasteiger partial charge in [-0.05, 0) is 32.0 Å². The van der Waals surface area contributed by atoms with E-state index in [9.17, 15) is 9.59 Å². The Hall–Kier alpha value is -3.29. The third-order valence-corrected chi connectivity index (χ3v) is 4.37. The molecule has 8 nitrogen and oxygen atoms in total. The summed E-state index contributed by atoms with van der Waals surface area (Å²) in [5.41, 5.74) is 1.72. The Morgan fingerprint density at radius 1 is 1.18 bits per heavy atom. The first-order valence-corrected chi connectivity index (χ1v) is 9.16. The van der Waals surface area contributed by atoms with Crippen LogP contribution in [0.2, 0.25) is 0 Å². The van der Waals surface area contributed by atoms with Gasteiger partial charge in [-0.25, -0.2) is 4.68 Å². The van der Waals surface area contributed by atoms with Gasteiger partial charge in [-0.1, -0.05) is 19.1 Å². The van der Waals surface area contributed by atoms with Crippen LogP contribution in [0.3, 0.4) is 0 Å². The zero-order chi connectivity index (χ0) is 20.3. The summed E-state index contributed by atoms with van der Waals surface area (Å²) in [7, 11) is 1.59. The number of aryl methyl sites for hydroxylation is 2. The van der Waals surface area contributed by atoms with Crippen LogP contribution in [0.1, 0.15) is 42.9 Å². The van der Waals surface area contributed by atoms with Crippen LogP contribution >= 0.6 is 0 Å². The number of hydrogen-bond acceptors (Lipinski definition) is 6. The maximum Gasteiger partial charge on any atom is 0.266 e. The van der Waals surface area contributed by atoms with Gasteiger partial charge in [0.1, 0.15) is 0 Å². The molecular weight excluding hydrogens is 358 g/mol. The van der Waals surface area contributed by atoms with Gasteiger partial charge >= 0.3 is 0 Å². The highest BCUT2D eigenvalue weighted by atomic mass is 16.4. The predicted molar refractivity (Wildman–Crippen MR) is 104 cm³/mol. The molecule has 0 N–H and O–H groups in total. The van der Waals surface area contributed by atoms with E-state index in [1.807, 2.05) is 26.8 Å². The second-order valence-corrected chi connectivity index (χ2v) is 6.73. The van der Waals surface area contributed by atoms with Crippen LogP contribution in [0.15, 0.2) is 45.6 Å². The molecule has 0 saturated carbocycles. The second kappa shape index (κ2) is 8.16. The number of carbonyl (C=O) groups excluding carboxylic acids is 1. The molecule has 8 heteroatoms. The number of aromatic nitrogens is 4. The van der Waals surface area contributed by atoms with Gasteiger partial charge in [0.25, 0.3) is 11.5 Å². The third-order valence-electron chi connectivity index (χ3n) is 4.37. The van der Waals surface area contributed by atoms with Gasteiger partial charge in [0.05, 0.1) is 12.2 Å². The van der Waals surface area contributed by atoms with Gasteiger partial charge in [0, 0.05) is 36.7 Å². The molecule has 0 saturated heterocycles. The maximum atomic E-state index is 13.1. The Morgan fingerprint density at radius 3 is 2.57 bits per heavy atom. The smallest absolute Gasteiger partial charge is 0.266 e. The van der Waals surface area contributed by atoms with Crippen molar-refractivity contribution in [3.63, 3.8) is 0 Å². The van der Waals surface area contributed by atoms with Crippen LogP contribution in [0.25, 0.3) is 11.3 Å². The van der Waals surface area contributed by atoms with Crippen LogP contribution in [0, 0.1) is 0 Å². The van der Waals surface area contributed by atoms with Crippen LogP contribution in [-0.2, 0) is 20.0 Å². The minimum absolute atomic E-state index is 0.0520. The van der Waals surface area contributed by atoms with Crippen molar-refractivity contribution in [2.75, 3.05) is 0 Å². The van der Waals surface area contributed by atoms with E-state index >= 15 is 0 Å². The van der Waals surface area contributed by atoms with E-state index in [1.54, 1.807) is 36.2 Å². The van der Waals surface area contributed by atoms with E-state index < -0.39 is 0 Å². The van der Waals surface area contributed by atoms with Gasteiger partial charge < -0.3 is 9.32 Å². The SMILES string of the molecule is CCc1nnc(CN(C(=O)c2cccc(-c3ccc(=O)n(C)n3)c2)C(C)C)o1. The summed E-state index contributed by atoms with van der Waals surface area (Å²) in [5, 5.41) is 12.2. The van der Waals surface area contributed by atoms with Crippen molar-refractivity contribution < 1.29 is 9.21 Å². The summed E-state index contributed by atoms with van der Waals surface area (Å²) >= 11 is 0. The molecule has 0 bridgehead atoms. The number of carbonyl (C=O) groups is 1. The third kappa shape index (κ3) is 4.16. The largest absolute Gasteiger partial charge is 0.423 e. The fourth-order valence-electron chi connectivity index (χ4n) is 2.76. The highest BCUT2D eigenvalue weighted by Gasteiger charge is 2.22. The summed E-state index contributed by atoms with van der Waals surface area (Å²) in [5.74, 6) is 0.821. The van der Waals surface area contributed by atoms with Crippen LogP contribution in [-0.4, -0.2) is 36.8 Å². The summed E-state index contributed by atoms with van der Waals surface area (Å²) < 4.78 is 6.83. The minimum atomic E-state index is -0.187. The van der Waals surface area contributed by atoms with Crippen LogP contribution in [0.4, 0.5) is 0 Å². The van der Waals surface area contributed by atoms with Crippen molar-refractivity contribution in [1.82, 2.24) is 24.9 Å². The fraction of sp³-hybridized carbons (Fsp3) is 0.350. The van der Waals surface area contributed by atoms with Gasteiger partial charge in [-0.3, -0.25) is 9.59 Å². The summed E-state index contributed by atoms with van der Waals surface area (Å²) in [6.07, 6.45) is 0.650. The standard InChI is InChI=1S/C20H23N5O3/c1-5-17-21-22-18(28-17)12-25(13(2)3)20(27)15-8-6-7-14(11-15)16-9-10-19(26)24(4)23-16/h6-11,13H,5,12H2,1-4H3. The van der Waals surface area contributed by atoms with E-state index in [4.69, 9.17) is 4.42 Å². The Balaban J connectivity index is 1.88. The molecule has 2 aromatic heterocycles. The van der Waals surface area contributed by atoms with Crippen molar-refractivity contribution in [3.8, 4) is 11.3 Å². The van der Waals surface area contributed by atoms with Crippen molar-refractivity contribution in [2.24, 2.45) is 7.05 Å². The first kappa shape index (κ1) is 19.5. The molecule has 1 amide bonds. The summed E-state index contributed by atoms with van der Waals surface area (Å²) in [6, 6.07) is 10.2. The first-order chi connectivity index (χ1) is 13.4. The van der Waals surface area contributed by atoms with E-state index in [0.717, 1.165) is 5.56 Å². The Morgan fingerprint density at radius 2 is 1.93 bits per heavy atom. The molecule has 0 atom stereocenters. The molecule has 0 spiro atoms. The molecule has 0 unspecified atom stereocenters. The molecule has 3 aromatic rings. The Kier molecular flexibility index (Phi) is 5.67. The lowest BCUT2D eigenvalue weighted by molar-refractivity contribution is 0.0671. The van der Waals surface area contributed by atoms with Gasteiger partial charge in [0.2, 0.25) is 11.8 Å². The maximum absolute atomic E-state index is 13.1. The minimum Gasteiger partial charge on any atom is -0.423 e. The molecule has 146 valence electrons. The van der Waals surface area contributed by atoms with Gasteiger partial charge in [-0.2, -0.15) is 5.10 Å². The molecule has 0 radical (unpaired) electrons. The molecule has 0 fully saturated rings. The molecular formula is C20H23N5O3. The molecule has 0 aliphatic heterocycles. The molecule has 28 heavy (non-hydrogen) atoms. The van der Waals surface area contributed by atoms with Crippen molar-refractivity contribution in [2.45, 2.75) is 39.8 Å². The van der Waals surface area contributed by atoms with E-state index in [-0.39, 0.29) is 24.1 Å². The number of nitrogens with zero attached hydrogens (tertiary/aromatic N) is 5. The molecule has 3 rings (SSSR count). The Labute approximate surface area is 162 Å². The topological polar surface area (TPSA) is 94.1 Å². The second-order valence-electron chi connectivity index (χ2n) is 6.73. The van der Waals surface area contributed by atoms with E-state index in [1.165, 1.54) is 10.7 Å². The monoisotopic (exact) mass is 381 g/mol. The van der Waals surface area contributed by atoms with Gasteiger partial charge in [0.15, 0.2) is 0 Å². The fourth-order valence-corrected chi connectivity index (χ4v) is 2.76. The average molecular weight is 381 g/mol. The Bertz CT molecular complexity index is 1040. The highest BCUT2D eigenvalue weighted by Crippen LogP contribution is 2.20. The highest BCUT2D eigenvalue weighted by molar-refractivity contribution is 5.95. The number of hydrogen-bond donors (Lipinski definition) is 0. The number of rotatable bonds is 6. The first-order valence-electron chi connectivity index (χ1n) is 9.16. The molecule has 0 aliphatic rings. The van der Waals surface area contributed by atoms with E-state index in [2.05, 4.69) is 15.3 Å². The lowest BCUT2D eigenvalue weighted by Crippen LogP contribution is -2.36. The molecule has 1 aromatic carbocycles. The van der Waals surface area contributed by atoms with Crippen LogP contribution < -0.4 is 5.56 Å². The quantitative estimate of drug-likeness (QED) is 0.651. The number of amides is 1. The van der Waals surface area contributed by atoms with E-state index in [0.29, 0.717) is 29.5 Å². The molecule has 0 aliphatic carbocycles. The normalized spacial score (nSPS) is 11.0. The lowest BCUT2D eigenvalue weighted by Gasteiger charge is -2.25. The van der Waals surface area contributed by atoms with Gasteiger partial charge in [-0.15, -0.1) is 10.2 Å².